The monoisotopic (exact) mass is 398 g/mol. The van der Waals surface area contributed by atoms with Gasteiger partial charge in [0, 0.05) is 32.7 Å². The number of hydrogen-bond donors (Lipinski definition) is 1. The fourth-order valence-corrected chi connectivity index (χ4v) is 3.16. The van der Waals surface area contributed by atoms with Gasteiger partial charge in [-0.2, -0.15) is 0 Å². The number of amides is 2. The molecule has 8 heteroatoms. The average molecular weight is 399 g/mol. The molecule has 1 aliphatic heterocycles. The minimum Gasteiger partial charge on any atom is -0.339 e. The molecule has 0 unspecified atom stereocenters. The summed E-state index contributed by atoms with van der Waals surface area (Å²) in [5.41, 5.74) is 5.44. The zero-order chi connectivity index (χ0) is 17.5. The molecule has 25 heavy (non-hydrogen) atoms. The second-order valence-corrected chi connectivity index (χ2v) is 6.33. The quantitative estimate of drug-likeness (QED) is 0.673. The van der Waals surface area contributed by atoms with Gasteiger partial charge in [-0.1, -0.05) is 27.7 Å². The first-order chi connectivity index (χ1) is 11.0. The molecule has 6 nitrogen and oxygen atoms in total. The van der Waals surface area contributed by atoms with Gasteiger partial charge in [-0.15, -0.1) is 24.8 Å². The largest absolute Gasteiger partial charge is 0.339 e. The van der Waals surface area contributed by atoms with E-state index >= 15 is 0 Å². The Morgan fingerprint density at radius 1 is 0.920 bits per heavy atom. The summed E-state index contributed by atoms with van der Waals surface area (Å²) < 4.78 is 0. The summed E-state index contributed by atoms with van der Waals surface area (Å²) in [7, 11) is 0. The average Bonchev–Trinajstić information content (AvgIpc) is 2.61. The second kappa shape index (κ2) is 12.7. The van der Waals surface area contributed by atoms with Crippen LogP contribution >= 0.6 is 24.8 Å². The Morgan fingerprint density at radius 2 is 1.36 bits per heavy atom. The van der Waals surface area contributed by atoms with Crippen molar-refractivity contribution >= 4 is 36.6 Å². The highest BCUT2D eigenvalue weighted by atomic mass is 35.5. The molecule has 2 N–H and O–H groups in total. The molecule has 0 aromatic carbocycles. The number of carbonyl (C=O) groups is 2. The third-order valence-corrected chi connectivity index (χ3v) is 5.37. The van der Waals surface area contributed by atoms with Gasteiger partial charge in [0.25, 0.3) is 0 Å². The topological polar surface area (TPSA) is 69.9 Å². The van der Waals surface area contributed by atoms with E-state index in [-0.39, 0.29) is 36.6 Å². The minimum absolute atomic E-state index is 0. The molecule has 0 aromatic rings. The maximum Gasteiger partial charge on any atom is 0.236 e. The summed E-state index contributed by atoms with van der Waals surface area (Å²) in [5, 5.41) is 0. The van der Waals surface area contributed by atoms with E-state index in [2.05, 4.69) is 18.7 Å². The van der Waals surface area contributed by atoms with Crippen molar-refractivity contribution in [1.82, 2.24) is 14.7 Å². The lowest BCUT2D eigenvalue weighted by Gasteiger charge is -2.40. The number of nitrogens with two attached hydrogens (primary N) is 1. The smallest absolute Gasteiger partial charge is 0.236 e. The second-order valence-electron chi connectivity index (χ2n) is 6.33. The summed E-state index contributed by atoms with van der Waals surface area (Å²) in [6.45, 7) is 13.3. The number of carbonyl (C=O) groups excluding carboxylic acids is 2. The Balaban J connectivity index is 0. The molecule has 1 aliphatic rings. The summed E-state index contributed by atoms with van der Waals surface area (Å²) in [5.74, 6) is 0.317. The fourth-order valence-electron chi connectivity index (χ4n) is 3.16. The van der Waals surface area contributed by atoms with Gasteiger partial charge in [-0.3, -0.25) is 14.5 Å². The predicted molar refractivity (Wildman–Crippen MR) is 108 cm³/mol. The Morgan fingerprint density at radius 3 is 1.72 bits per heavy atom. The van der Waals surface area contributed by atoms with Crippen LogP contribution < -0.4 is 5.73 Å². The van der Waals surface area contributed by atoms with Crippen LogP contribution in [0.1, 0.15) is 40.5 Å². The number of rotatable bonds is 8. The molecular weight excluding hydrogens is 363 g/mol. The predicted octanol–water partition coefficient (Wildman–Crippen LogP) is 1.61. The van der Waals surface area contributed by atoms with E-state index in [0.29, 0.717) is 39.3 Å². The Kier molecular flexibility index (Phi) is 13.6. The van der Waals surface area contributed by atoms with E-state index in [1.165, 1.54) is 0 Å². The van der Waals surface area contributed by atoms with Gasteiger partial charge in [0.2, 0.25) is 11.8 Å². The fraction of sp³-hybridized carbons (Fsp3) is 0.882. The van der Waals surface area contributed by atoms with Crippen molar-refractivity contribution in [3.8, 4) is 0 Å². The van der Waals surface area contributed by atoms with E-state index in [1.54, 1.807) is 0 Å². The number of halogens is 2. The van der Waals surface area contributed by atoms with Gasteiger partial charge in [-0.05, 0) is 25.9 Å². The first kappa shape index (κ1) is 26.7. The molecule has 0 aromatic heterocycles. The van der Waals surface area contributed by atoms with Crippen LogP contribution in [0.5, 0.6) is 0 Å². The summed E-state index contributed by atoms with van der Waals surface area (Å²) in [6.07, 6.45) is 1.53. The van der Waals surface area contributed by atoms with Crippen molar-refractivity contribution in [3.63, 3.8) is 0 Å². The zero-order valence-corrected chi connectivity index (χ0v) is 17.8. The third kappa shape index (κ3) is 6.59. The van der Waals surface area contributed by atoms with E-state index in [9.17, 15) is 9.59 Å². The van der Waals surface area contributed by atoms with E-state index in [0.717, 1.165) is 25.9 Å². The molecular formula is C17H36Cl2N4O2. The summed E-state index contributed by atoms with van der Waals surface area (Å²) in [4.78, 5) is 31.0. The molecule has 0 aliphatic carbocycles. The van der Waals surface area contributed by atoms with Gasteiger partial charge in [-0.25, -0.2) is 0 Å². The van der Waals surface area contributed by atoms with Crippen molar-refractivity contribution in [2.75, 3.05) is 52.4 Å². The minimum atomic E-state index is -0.437. The van der Waals surface area contributed by atoms with Crippen LogP contribution in [-0.4, -0.2) is 78.9 Å². The van der Waals surface area contributed by atoms with Crippen LogP contribution in [0.25, 0.3) is 0 Å². The maximum absolute atomic E-state index is 12.8. The van der Waals surface area contributed by atoms with E-state index in [1.807, 2.05) is 23.6 Å². The van der Waals surface area contributed by atoms with Gasteiger partial charge < -0.3 is 15.5 Å². The molecule has 1 rings (SSSR count). The number of nitrogens with zero attached hydrogens (tertiary/aromatic N) is 3. The van der Waals surface area contributed by atoms with Gasteiger partial charge in [0.05, 0.1) is 12.0 Å². The van der Waals surface area contributed by atoms with Crippen LogP contribution in [0, 0.1) is 5.41 Å². The zero-order valence-electron chi connectivity index (χ0n) is 16.1. The lowest BCUT2D eigenvalue weighted by molar-refractivity contribution is -0.147. The highest BCUT2D eigenvalue weighted by Gasteiger charge is 2.38. The van der Waals surface area contributed by atoms with Crippen molar-refractivity contribution in [3.05, 3.63) is 0 Å². The Hall–Kier alpha value is -0.560. The molecule has 1 fully saturated rings. The van der Waals surface area contributed by atoms with Crippen LogP contribution in [0.3, 0.4) is 0 Å². The molecule has 0 bridgehead atoms. The number of likely N-dealkylation sites (N-methyl/N-ethyl adjacent to an activating group) is 1. The van der Waals surface area contributed by atoms with Crippen LogP contribution in [0.4, 0.5) is 0 Å². The third-order valence-electron chi connectivity index (χ3n) is 5.37. The van der Waals surface area contributed by atoms with Crippen molar-refractivity contribution < 1.29 is 9.59 Å². The molecule has 150 valence electrons. The van der Waals surface area contributed by atoms with Crippen molar-refractivity contribution in [2.24, 2.45) is 11.1 Å². The molecule has 1 heterocycles. The normalized spacial score (nSPS) is 14.8. The summed E-state index contributed by atoms with van der Waals surface area (Å²) >= 11 is 0. The molecule has 0 atom stereocenters. The molecule has 1 saturated heterocycles. The maximum atomic E-state index is 12.8. The standard InChI is InChI=1S/C17H34N4O2.2ClH/c1-5-17(6-2,14-18)16(23)21-11-9-20(10-12-21)15(22)13-19(7-3)8-4;;/h5-14,18H2,1-4H3;2*1H. The van der Waals surface area contributed by atoms with E-state index < -0.39 is 5.41 Å². The van der Waals surface area contributed by atoms with Crippen molar-refractivity contribution in [1.29, 1.82) is 0 Å². The van der Waals surface area contributed by atoms with Gasteiger partial charge in [0.15, 0.2) is 0 Å². The lowest BCUT2D eigenvalue weighted by atomic mass is 9.81. The lowest BCUT2D eigenvalue weighted by Crippen LogP contribution is -2.56. The van der Waals surface area contributed by atoms with Crippen LogP contribution in [0.15, 0.2) is 0 Å². The Labute approximate surface area is 165 Å². The van der Waals surface area contributed by atoms with E-state index in [4.69, 9.17) is 5.73 Å². The number of piperazine rings is 1. The van der Waals surface area contributed by atoms with Gasteiger partial charge >= 0.3 is 0 Å². The Bertz CT molecular complexity index is 386. The number of hydrogen-bond acceptors (Lipinski definition) is 4. The van der Waals surface area contributed by atoms with Gasteiger partial charge in [0.1, 0.15) is 0 Å². The first-order valence-electron chi connectivity index (χ1n) is 8.97. The molecule has 2 amide bonds. The highest BCUT2D eigenvalue weighted by molar-refractivity contribution is 5.85. The molecule has 0 radical (unpaired) electrons. The highest BCUT2D eigenvalue weighted by Crippen LogP contribution is 2.28. The molecule has 0 saturated carbocycles. The first-order valence-corrected chi connectivity index (χ1v) is 8.97. The van der Waals surface area contributed by atoms with Crippen LogP contribution in [-0.2, 0) is 9.59 Å². The SMILES string of the molecule is CCN(CC)CC(=O)N1CCN(C(=O)C(CC)(CC)CN)CC1.Cl.Cl. The van der Waals surface area contributed by atoms with Crippen LogP contribution in [0.2, 0.25) is 0 Å². The molecule has 0 spiro atoms. The summed E-state index contributed by atoms with van der Waals surface area (Å²) in [6, 6.07) is 0. The van der Waals surface area contributed by atoms with Crippen molar-refractivity contribution in [2.45, 2.75) is 40.5 Å².